The second-order valence-electron chi connectivity index (χ2n) is 8.38. The zero-order valence-electron chi connectivity index (χ0n) is 18.8. The molecule has 9 nitrogen and oxygen atoms in total. The third-order valence-electron chi connectivity index (χ3n) is 5.50. The first-order chi connectivity index (χ1) is 16.7. The molecule has 0 spiro atoms. The van der Waals surface area contributed by atoms with Crippen molar-refractivity contribution in [3.8, 4) is 0 Å². The monoisotopic (exact) mass is 529 g/mol. The molecule has 0 unspecified atom stereocenters. The molecule has 4 rings (SSSR count). The summed E-state index contributed by atoms with van der Waals surface area (Å²) in [6, 6.07) is 4.96. The molecule has 2 aliphatic heterocycles. The lowest BCUT2D eigenvalue weighted by molar-refractivity contribution is -0.193. The van der Waals surface area contributed by atoms with E-state index in [2.05, 4.69) is 21.3 Å². The number of pyridine rings is 1. The van der Waals surface area contributed by atoms with Gasteiger partial charge in [0.15, 0.2) is 0 Å². The van der Waals surface area contributed by atoms with Gasteiger partial charge in [-0.25, -0.2) is 9.59 Å². The minimum absolute atomic E-state index is 0.0524. The van der Waals surface area contributed by atoms with Crippen molar-refractivity contribution >= 4 is 17.8 Å². The minimum atomic E-state index is -5.08. The van der Waals surface area contributed by atoms with Crippen LogP contribution in [-0.2, 0) is 25.7 Å². The smallest absolute Gasteiger partial charge is 0.475 e. The van der Waals surface area contributed by atoms with Gasteiger partial charge < -0.3 is 20.3 Å². The number of piperidine rings is 1. The Labute approximate surface area is 201 Å². The topological polar surface area (TPSA) is 129 Å². The first-order valence-electron chi connectivity index (χ1n) is 10.8. The van der Waals surface area contributed by atoms with Gasteiger partial charge in [0.05, 0.1) is 12.0 Å². The van der Waals surface area contributed by atoms with Crippen molar-refractivity contribution in [2.45, 2.75) is 62.8 Å². The third kappa shape index (κ3) is 9.60. The molecular formula is C21H25F6N3O6. The first-order valence-corrected chi connectivity index (χ1v) is 10.8. The molecule has 3 aliphatic rings. The maximum Gasteiger partial charge on any atom is 0.490 e. The van der Waals surface area contributed by atoms with E-state index < -0.39 is 24.3 Å². The highest BCUT2D eigenvalue weighted by Crippen LogP contribution is 2.33. The summed E-state index contributed by atoms with van der Waals surface area (Å²) in [5, 5.41) is 17.4. The summed E-state index contributed by atoms with van der Waals surface area (Å²) >= 11 is 0. The number of halogens is 6. The third-order valence-corrected chi connectivity index (χ3v) is 5.50. The van der Waals surface area contributed by atoms with Crippen LogP contribution in [0.15, 0.2) is 24.5 Å². The summed E-state index contributed by atoms with van der Waals surface area (Å²) in [4.78, 5) is 36.8. The van der Waals surface area contributed by atoms with Gasteiger partial charge in [0, 0.05) is 44.2 Å². The molecule has 3 atom stereocenters. The van der Waals surface area contributed by atoms with Gasteiger partial charge in [-0.15, -0.1) is 0 Å². The number of aromatic nitrogens is 1. The average Bonchev–Trinajstić information content (AvgIpc) is 3.46. The van der Waals surface area contributed by atoms with E-state index in [1.165, 1.54) is 5.56 Å². The number of carbonyl (C=O) groups is 3. The normalized spacial score (nSPS) is 23.8. The standard InChI is InChI=1S/C17H23N3O2.2C2HF3O2/c21-17(19-14-3-4-14)13-8-16-15(5-7-22-16)20(11-13)10-12-2-1-6-18-9-12;2*3-2(4,5)1(6)7/h1-2,6,9,13-16H,3-5,7-8,10-11H2,(H,19,21);2*(H,6,7)/t13-,15+,16+;;/m0../s1. The Bertz CT molecular complexity index is 870. The highest BCUT2D eigenvalue weighted by atomic mass is 19.4. The van der Waals surface area contributed by atoms with E-state index in [1.807, 2.05) is 12.3 Å². The van der Waals surface area contributed by atoms with E-state index in [4.69, 9.17) is 24.5 Å². The van der Waals surface area contributed by atoms with Crippen molar-refractivity contribution in [1.29, 1.82) is 0 Å². The fraction of sp³-hybridized carbons (Fsp3) is 0.619. The number of nitrogens with one attached hydrogen (secondary N) is 1. The molecule has 0 aromatic carbocycles. The molecule has 0 bridgehead atoms. The Kier molecular flexibility index (Phi) is 10.0. The molecule has 202 valence electrons. The maximum atomic E-state index is 12.4. The summed E-state index contributed by atoms with van der Waals surface area (Å²) in [6.07, 6.45) is -2.03. The van der Waals surface area contributed by atoms with Crippen LogP contribution in [0.2, 0.25) is 0 Å². The van der Waals surface area contributed by atoms with Crippen molar-refractivity contribution in [3.63, 3.8) is 0 Å². The SMILES string of the molecule is O=C(NC1CC1)[C@H]1C[C@H]2OCC[C@H]2N(Cc2cccnc2)C1.O=C(O)C(F)(F)F.O=C(O)C(F)(F)F. The van der Waals surface area contributed by atoms with Crippen LogP contribution in [0.3, 0.4) is 0 Å². The number of hydrogen-bond acceptors (Lipinski definition) is 6. The lowest BCUT2D eigenvalue weighted by Crippen LogP contribution is -2.52. The van der Waals surface area contributed by atoms with Crippen LogP contribution >= 0.6 is 0 Å². The number of carboxylic acid groups (broad SMARTS) is 2. The van der Waals surface area contributed by atoms with Gasteiger partial charge in [-0.05, 0) is 37.3 Å². The number of nitrogens with zero attached hydrogens (tertiary/aromatic N) is 2. The van der Waals surface area contributed by atoms with Crippen LogP contribution in [-0.4, -0.2) is 81.6 Å². The van der Waals surface area contributed by atoms with Crippen LogP contribution in [0, 0.1) is 5.92 Å². The zero-order valence-corrected chi connectivity index (χ0v) is 18.8. The molecule has 36 heavy (non-hydrogen) atoms. The van der Waals surface area contributed by atoms with E-state index in [0.29, 0.717) is 12.1 Å². The molecule has 3 heterocycles. The zero-order chi connectivity index (χ0) is 27.1. The van der Waals surface area contributed by atoms with E-state index >= 15 is 0 Å². The number of alkyl halides is 6. The first kappa shape index (κ1) is 29.3. The molecule has 15 heteroatoms. The molecular weight excluding hydrogens is 504 g/mol. The number of likely N-dealkylation sites (tertiary alicyclic amines) is 1. The van der Waals surface area contributed by atoms with Gasteiger partial charge in [-0.2, -0.15) is 26.3 Å². The Morgan fingerprint density at radius 2 is 1.64 bits per heavy atom. The highest BCUT2D eigenvalue weighted by Gasteiger charge is 2.43. The number of carbonyl (C=O) groups excluding carboxylic acids is 1. The van der Waals surface area contributed by atoms with Gasteiger partial charge in [0.2, 0.25) is 5.91 Å². The number of hydrogen-bond donors (Lipinski definition) is 3. The Morgan fingerprint density at radius 3 is 2.11 bits per heavy atom. The van der Waals surface area contributed by atoms with E-state index in [1.54, 1.807) is 6.20 Å². The van der Waals surface area contributed by atoms with Crippen molar-refractivity contribution in [1.82, 2.24) is 15.2 Å². The lowest BCUT2D eigenvalue weighted by Gasteiger charge is -2.40. The quantitative estimate of drug-likeness (QED) is 0.508. The number of rotatable bonds is 4. The highest BCUT2D eigenvalue weighted by molar-refractivity contribution is 5.79. The second kappa shape index (κ2) is 12.3. The Balaban J connectivity index is 0.000000271. The fourth-order valence-electron chi connectivity index (χ4n) is 3.70. The summed E-state index contributed by atoms with van der Waals surface area (Å²) in [5.41, 5.74) is 1.21. The van der Waals surface area contributed by atoms with E-state index in [9.17, 15) is 31.1 Å². The summed E-state index contributed by atoms with van der Waals surface area (Å²) in [7, 11) is 0. The molecule has 1 aromatic rings. The van der Waals surface area contributed by atoms with E-state index in [-0.39, 0.29) is 17.9 Å². The van der Waals surface area contributed by atoms with Gasteiger partial charge in [0.25, 0.3) is 0 Å². The molecule has 1 aliphatic carbocycles. The second-order valence-corrected chi connectivity index (χ2v) is 8.38. The number of fused-ring (bicyclic) bond motifs is 1. The van der Waals surface area contributed by atoms with Crippen molar-refractivity contribution in [3.05, 3.63) is 30.1 Å². The lowest BCUT2D eigenvalue weighted by atomic mass is 9.89. The maximum absolute atomic E-state index is 12.4. The Hall–Kier alpha value is -2.94. The predicted molar refractivity (Wildman–Crippen MR) is 109 cm³/mol. The predicted octanol–water partition coefficient (Wildman–Crippen LogP) is 2.61. The van der Waals surface area contributed by atoms with Crippen molar-refractivity contribution < 1.29 is 55.7 Å². The van der Waals surface area contributed by atoms with Crippen LogP contribution in [0.1, 0.15) is 31.2 Å². The van der Waals surface area contributed by atoms with Gasteiger partial charge in [0.1, 0.15) is 0 Å². The van der Waals surface area contributed by atoms with Crippen LogP contribution in [0.4, 0.5) is 26.3 Å². The minimum Gasteiger partial charge on any atom is -0.475 e. The molecule has 3 N–H and O–H groups in total. The summed E-state index contributed by atoms with van der Waals surface area (Å²) < 4.78 is 69.4. The van der Waals surface area contributed by atoms with Gasteiger partial charge >= 0.3 is 24.3 Å². The molecule has 2 saturated heterocycles. The van der Waals surface area contributed by atoms with E-state index in [0.717, 1.165) is 45.4 Å². The van der Waals surface area contributed by atoms with Crippen LogP contribution in [0.5, 0.6) is 0 Å². The molecule has 0 radical (unpaired) electrons. The molecule has 1 saturated carbocycles. The van der Waals surface area contributed by atoms with Crippen LogP contribution < -0.4 is 5.32 Å². The Morgan fingerprint density at radius 1 is 1.06 bits per heavy atom. The number of carboxylic acids is 2. The number of aliphatic carboxylic acids is 2. The van der Waals surface area contributed by atoms with Crippen LogP contribution in [0.25, 0.3) is 0 Å². The van der Waals surface area contributed by atoms with Gasteiger partial charge in [-0.3, -0.25) is 14.7 Å². The number of amides is 1. The molecule has 1 amide bonds. The van der Waals surface area contributed by atoms with Gasteiger partial charge in [-0.1, -0.05) is 6.07 Å². The summed E-state index contributed by atoms with van der Waals surface area (Å²) in [6.45, 7) is 2.50. The van der Waals surface area contributed by atoms with Crippen molar-refractivity contribution in [2.24, 2.45) is 5.92 Å². The average molecular weight is 529 g/mol. The van der Waals surface area contributed by atoms with Crippen molar-refractivity contribution in [2.75, 3.05) is 13.2 Å². The molecule has 1 aromatic heterocycles. The number of ether oxygens (including phenoxy) is 1. The largest absolute Gasteiger partial charge is 0.490 e. The summed E-state index contributed by atoms with van der Waals surface area (Å²) in [5.74, 6) is -5.25. The fourth-order valence-corrected chi connectivity index (χ4v) is 3.70. The molecule has 3 fully saturated rings.